The molecule has 0 aromatic heterocycles. The van der Waals surface area contributed by atoms with Gasteiger partial charge in [-0.2, -0.15) is 0 Å². The molecular formula is C13H15F3N2O. The smallest absolute Gasteiger partial charge is 0.227 e. The van der Waals surface area contributed by atoms with E-state index in [1.807, 2.05) is 0 Å². The molecule has 0 heterocycles. The number of carbonyl (C=O) groups is 1. The van der Waals surface area contributed by atoms with E-state index in [0.29, 0.717) is 12.8 Å². The quantitative estimate of drug-likeness (QED) is 0.813. The maximum absolute atomic E-state index is 13.4. The van der Waals surface area contributed by atoms with Gasteiger partial charge in [-0.15, -0.1) is 0 Å². The third kappa shape index (κ3) is 3.07. The second kappa shape index (κ2) is 5.61. The van der Waals surface area contributed by atoms with Gasteiger partial charge < -0.3 is 11.1 Å². The van der Waals surface area contributed by atoms with E-state index in [1.165, 1.54) is 0 Å². The number of hydrogen-bond acceptors (Lipinski definition) is 2. The van der Waals surface area contributed by atoms with Gasteiger partial charge in [-0.3, -0.25) is 4.79 Å². The minimum absolute atomic E-state index is 0.101. The molecule has 1 aromatic carbocycles. The number of carbonyl (C=O) groups excluding carboxylic acids is 1. The fourth-order valence-corrected chi connectivity index (χ4v) is 2.24. The topological polar surface area (TPSA) is 55.1 Å². The van der Waals surface area contributed by atoms with Crippen molar-refractivity contribution in [2.24, 2.45) is 11.7 Å². The molecule has 0 bridgehead atoms. The number of nitrogens with one attached hydrogen (secondary N) is 1. The summed E-state index contributed by atoms with van der Waals surface area (Å²) < 4.78 is 39.2. The van der Waals surface area contributed by atoms with E-state index in [2.05, 4.69) is 5.32 Å². The van der Waals surface area contributed by atoms with Crippen LogP contribution in [0.15, 0.2) is 12.1 Å². The van der Waals surface area contributed by atoms with E-state index in [4.69, 9.17) is 5.73 Å². The molecule has 6 heteroatoms. The molecule has 1 aliphatic rings. The first-order chi connectivity index (χ1) is 8.99. The maximum Gasteiger partial charge on any atom is 0.227 e. The minimum Gasteiger partial charge on any atom is -0.328 e. The highest BCUT2D eigenvalue weighted by atomic mass is 19.2. The summed E-state index contributed by atoms with van der Waals surface area (Å²) in [6, 6.07) is 1.90. The Morgan fingerprint density at radius 1 is 1.11 bits per heavy atom. The van der Waals surface area contributed by atoms with Crippen LogP contribution in [0.5, 0.6) is 0 Å². The van der Waals surface area contributed by atoms with E-state index >= 15 is 0 Å². The highest BCUT2D eigenvalue weighted by molar-refractivity contribution is 5.92. The fraction of sp³-hybridized carbons (Fsp3) is 0.462. The molecule has 2 rings (SSSR count). The molecule has 0 unspecified atom stereocenters. The number of anilines is 1. The molecule has 1 saturated carbocycles. The van der Waals surface area contributed by atoms with E-state index in [1.54, 1.807) is 0 Å². The molecule has 0 atom stereocenters. The normalized spacial score (nSPS) is 23.2. The largest absolute Gasteiger partial charge is 0.328 e. The van der Waals surface area contributed by atoms with Gasteiger partial charge in [0.25, 0.3) is 0 Å². The van der Waals surface area contributed by atoms with Crippen LogP contribution in [0.4, 0.5) is 18.9 Å². The van der Waals surface area contributed by atoms with Crippen LogP contribution in [0.3, 0.4) is 0 Å². The lowest BCUT2D eigenvalue weighted by Crippen LogP contribution is -2.32. The Morgan fingerprint density at radius 3 is 2.37 bits per heavy atom. The number of nitrogens with two attached hydrogens (primary N) is 1. The Labute approximate surface area is 109 Å². The van der Waals surface area contributed by atoms with Crippen LogP contribution < -0.4 is 11.1 Å². The average molecular weight is 272 g/mol. The second-order valence-corrected chi connectivity index (χ2v) is 4.82. The Hall–Kier alpha value is -1.56. The van der Waals surface area contributed by atoms with E-state index < -0.39 is 17.5 Å². The molecule has 0 saturated heterocycles. The van der Waals surface area contributed by atoms with Crippen molar-refractivity contribution in [1.82, 2.24) is 0 Å². The third-order valence-corrected chi connectivity index (χ3v) is 3.44. The molecule has 1 amide bonds. The van der Waals surface area contributed by atoms with Gasteiger partial charge in [0.2, 0.25) is 5.91 Å². The number of halogens is 3. The Balaban J connectivity index is 2.05. The third-order valence-electron chi connectivity index (χ3n) is 3.44. The van der Waals surface area contributed by atoms with Crippen molar-refractivity contribution in [3.05, 3.63) is 29.6 Å². The zero-order chi connectivity index (χ0) is 14.0. The van der Waals surface area contributed by atoms with Crippen molar-refractivity contribution in [1.29, 1.82) is 0 Å². The zero-order valence-electron chi connectivity index (χ0n) is 10.3. The van der Waals surface area contributed by atoms with Crippen molar-refractivity contribution in [3.63, 3.8) is 0 Å². The first-order valence-electron chi connectivity index (χ1n) is 6.19. The average Bonchev–Trinajstić information content (AvgIpc) is 2.40. The number of amides is 1. The highest BCUT2D eigenvalue weighted by Gasteiger charge is 2.25. The molecule has 0 spiro atoms. The van der Waals surface area contributed by atoms with Gasteiger partial charge in [0.1, 0.15) is 0 Å². The summed E-state index contributed by atoms with van der Waals surface area (Å²) in [6.07, 6.45) is 2.72. The predicted octanol–water partition coefficient (Wildman–Crippen LogP) is 2.56. The summed E-state index contributed by atoms with van der Waals surface area (Å²) in [5.41, 5.74) is 5.39. The SMILES string of the molecule is NC1CCC(C(=O)Nc2ccc(F)c(F)c2F)CC1. The Kier molecular flexibility index (Phi) is 4.09. The van der Waals surface area contributed by atoms with Crippen LogP contribution >= 0.6 is 0 Å². The molecular weight excluding hydrogens is 257 g/mol. The molecule has 3 N–H and O–H groups in total. The predicted molar refractivity (Wildman–Crippen MR) is 64.9 cm³/mol. The van der Waals surface area contributed by atoms with Gasteiger partial charge in [0, 0.05) is 12.0 Å². The van der Waals surface area contributed by atoms with Gasteiger partial charge in [0.05, 0.1) is 5.69 Å². The van der Waals surface area contributed by atoms with E-state index in [9.17, 15) is 18.0 Å². The van der Waals surface area contributed by atoms with Crippen molar-refractivity contribution in [2.75, 3.05) is 5.32 Å². The van der Waals surface area contributed by atoms with Crippen molar-refractivity contribution < 1.29 is 18.0 Å². The monoisotopic (exact) mass is 272 g/mol. The summed E-state index contributed by atoms with van der Waals surface area (Å²) in [5, 5.41) is 2.30. The van der Waals surface area contributed by atoms with E-state index in [-0.39, 0.29) is 23.6 Å². The molecule has 3 nitrogen and oxygen atoms in total. The first kappa shape index (κ1) is 13.9. The van der Waals surface area contributed by atoms with Gasteiger partial charge in [-0.1, -0.05) is 0 Å². The van der Waals surface area contributed by atoms with Crippen LogP contribution in [0.25, 0.3) is 0 Å². The van der Waals surface area contributed by atoms with Crippen LogP contribution in [-0.4, -0.2) is 11.9 Å². The van der Waals surface area contributed by atoms with Crippen molar-refractivity contribution >= 4 is 11.6 Å². The summed E-state index contributed by atoms with van der Waals surface area (Å²) in [5.74, 6) is -4.87. The number of benzene rings is 1. The first-order valence-corrected chi connectivity index (χ1v) is 6.19. The second-order valence-electron chi connectivity index (χ2n) is 4.82. The fourth-order valence-electron chi connectivity index (χ4n) is 2.24. The van der Waals surface area contributed by atoms with Gasteiger partial charge in [-0.05, 0) is 37.8 Å². The number of hydrogen-bond donors (Lipinski definition) is 2. The summed E-state index contributed by atoms with van der Waals surface area (Å²) in [7, 11) is 0. The van der Waals surface area contributed by atoms with Crippen molar-refractivity contribution in [3.8, 4) is 0 Å². The molecule has 1 aliphatic carbocycles. The lowest BCUT2D eigenvalue weighted by molar-refractivity contribution is -0.120. The van der Waals surface area contributed by atoms with Gasteiger partial charge in [-0.25, -0.2) is 13.2 Å². The molecule has 1 fully saturated rings. The lowest BCUT2D eigenvalue weighted by Gasteiger charge is -2.25. The minimum atomic E-state index is -1.58. The standard InChI is InChI=1S/C13H15F3N2O/c14-9-5-6-10(12(16)11(9)15)18-13(19)7-1-3-8(17)4-2-7/h5-8H,1-4,17H2,(H,18,19). The Bertz CT molecular complexity index is 485. The summed E-state index contributed by atoms with van der Waals surface area (Å²) in [6.45, 7) is 0. The van der Waals surface area contributed by atoms with Crippen molar-refractivity contribution in [2.45, 2.75) is 31.7 Å². The van der Waals surface area contributed by atoms with E-state index in [0.717, 1.165) is 25.0 Å². The summed E-state index contributed by atoms with van der Waals surface area (Å²) >= 11 is 0. The summed E-state index contributed by atoms with van der Waals surface area (Å²) in [4.78, 5) is 11.9. The Morgan fingerprint density at radius 2 is 1.74 bits per heavy atom. The molecule has 19 heavy (non-hydrogen) atoms. The zero-order valence-corrected chi connectivity index (χ0v) is 10.3. The maximum atomic E-state index is 13.4. The molecule has 0 radical (unpaired) electrons. The molecule has 104 valence electrons. The van der Waals surface area contributed by atoms with Crippen LogP contribution in [0, 0.1) is 23.4 Å². The van der Waals surface area contributed by atoms with Crippen LogP contribution in [0.2, 0.25) is 0 Å². The highest BCUT2D eigenvalue weighted by Crippen LogP contribution is 2.26. The van der Waals surface area contributed by atoms with Crippen LogP contribution in [-0.2, 0) is 4.79 Å². The van der Waals surface area contributed by atoms with Gasteiger partial charge in [0.15, 0.2) is 17.5 Å². The molecule has 1 aromatic rings. The van der Waals surface area contributed by atoms with Gasteiger partial charge >= 0.3 is 0 Å². The van der Waals surface area contributed by atoms with Crippen LogP contribution in [0.1, 0.15) is 25.7 Å². The lowest BCUT2D eigenvalue weighted by atomic mass is 9.86. The molecule has 0 aliphatic heterocycles. The number of rotatable bonds is 2.